The maximum absolute atomic E-state index is 5.48. The van der Waals surface area contributed by atoms with Crippen molar-refractivity contribution >= 4 is 0 Å². The molecular weight excluding hydrogens is 210 g/mol. The molecule has 3 atom stereocenters. The van der Waals surface area contributed by atoms with Crippen LogP contribution in [0.5, 0.6) is 0 Å². The first-order valence-corrected chi connectivity index (χ1v) is 7.68. The molecule has 2 saturated heterocycles. The molecular formula is C15H27NO. The van der Waals surface area contributed by atoms with Gasteiger partial charge in [0.25, 0.3) is 0 Å². The number of rotatable bonds is 2. The van der Waals surface area contributed by atoms with Crippen LogP contribution >= 0.6 is 0 Å². The number of hydrogen-bond acceptors (Lipinski definition) is 2. The topological polar surface area (TPSA) is 12.5 Å². The third-order valence-electron chi connectivity index (χ3n) is 5.31. The van der Waals surface area contributed by atoms with Gasteiger partial charge in [0.2, 0.25) is 0 Å². The second kappa shape index (κ2) is 5.27. The second-order valence-electron chi connectivity index (χ2n) is 6.45. The monoisotopic (exact) mass is 237 g/mol. The summed E-state index contributed by atoms with van der Waals surface area (Å²) >= 11 is 0. The molecule has 3 unspecified atom stereocenters. The van der Waals surface area contributed by atoms with E-state index in [2.05, 4.69) is 11.8 Å². The van der Waals surface area contributed by atoms with Gasteiger partial charge in [-0.25, -0.2) is 0 Å². The third-order valence-corrected chi connectivity index (χ3v) is 5.31. The Morgan fingerprint density at radius 2 is 1.82 bits per heavy atom. The van der Waals surface area contributed by atoms with Crippen molar-refractivity contribution in [2.75, 3.05) is 19.8 Å². The third kappa shape index (κ3) is 2.53. The molecule has 3 rings (SSSR count). The van der Waals surface area contributed by atoms with E-state index in [1.54, 1.807) is 0 Å². The molecule has 0 radical (unpaired) electrons. The van der Waals surface area contributed by atoms with Gasteiger partial charge >= 0.3 is 0 Å². The number of likely N-dealkylation sites (tertiary alicyclic amines) is 1. The molecule has 0 aromatic rings. The lowest BCUT2D eigenvalue weighted by Crippen LogP contribution is -2.41. The van der Waals surface area contributed by atoms with Crippen LogP contribution in [0.4, 0.5) is 0 Å². The molecule has 0 amide bonds. The van der Waals surface area contributed by atoms with Crippen LogP contribution in [0.3, 0.4) is 0 Å². The highest BCUT2D eigenvalue weighted by Crippen LogP contribution is 2.40. The lowest BCUT2D eigenvalue weighted by atomic mass is 9.84. The minimum absolute atomic E-state index is 0.839. The highest BCUT2D eigenvalue weighted by molar-refractivity contribution is 4.94. The predicted molar refractivity (Wildman–Crippen MR) is 70.1 cm³/mol. The van der Waals surface area contributed by atoms with E-state index in [-0.39, 0.29) is 0 Å². The highest BCUT2D eigenvalue weighted by Gasteiger charge is 2.40. The van der Waals surface area contributed by atoms with Gasteiger partial charge in [-0.15, -0.1) is 0 Å². The Kier molecular flexibility index (Phi) is 3.72. The molecule has 0 spiro atoms. The van der Waals surface area contributed by atoms with E-state index in [0.717, 1.165) is 37.1 Å². The summed E-state index contributed by atoms with van der Waals surface area (Å²) in [6, 6.07) is 1.77. The smallest absolute Gasteiger partial charge is 0.0469 e. The molecule has 1 saturated carbocycles. The van der Waals surface area contributed by atoms with Crippen molar-refractivity contribution in [1.82, 2.24) is 4.90 Å². The fourth-order valence-corrected chi connectivity index (χ4v) is 4.34. The quantitative estimate of drug-likeness (QED) is 0.732. The summed E-state index contributed by atoms with van der Waals surface area (Å²) in [6.07, 6.45) is 9.98. The van der Waals surface area contributed by atoms with Crippen LogP contribution in [0.15, 0.2) is 0 Å². The first-order valence-electron chi connectivity index (χ1n) is 7.68. The number of hydrogen-bond donors (Lipinski definition) is 0. The van der Waals surface area contributed by atoms with Crippen molar-refractivity contribution in [3.8, 4) is 0 Å². The molecule has 2 nitrogen and oxygen atoms in total. The average Bonchev–Trinajstić information content (AvgIpc) is 2.68. The van der Waals surface area contributed by atoms with Crippen LogP contribution in [0.2, 0.25) is 0 Å². The number of fused-ring (bicyclic) bond motifs is 1. The summed E-state index contributed by atoms with van der Waals surface area (Å²) in [7, 11) is 0. The zero-order valence-corrected chi connectivity index (χ0v) is 11.2. The molecule has 0 N–H and O–H groups in total. The van der Waals surface area contributed by atoms with E-state index < -0.39 is 0 Å². The Labute approximate surface area is 106 Å². The molecule has 3 fully saturated rings. The standard InChI is InChI=1S/C15H27NO/c1-12-10-14-4-2-3-5-15(14)16(12)11-13-6-8-17-9-7-13/h12-15H,2-11H2,1H3. The molecule has 0 aromatic heterocycles. The van der Waals surface area contributed by atoms with Crippen LogP contribution in [-0.4, -0.2) is 36.7 Å². The summed E-state index contributed by atoms with van der Waals surface area (Å²) in [6.45, 7) is 5.81. The second-order valence-corrected chi connectivity index (χ2v) is 6.45. The van der Waals surface area contributed by atoms with Gasteiger partial charge in [-0.3, -0.25) is 4.90 Å². The van der Waals surface area contributed by atoms with Gasteiger partial charge in [0, 0.05) is 31.8 Å². The summed E-state index contributed by atoms with van der Waals surface area (Å²) in [5.74, 6) is 1.94. The van der Waals surface area contributed by atoms with Crippen molar-refractivity contribution in [2.24, 2.45) is 11.8 Å². The maximum Gasteiger partial charge on any atom is 0.0469 e. The SMILES string of the molecule is CC1CC2CCCCC2N1CC1CCOCC1. The minimum Gasteiger partial charge on any atom is -0.381 e. The molecule has 2 aliphatic heterocycles. The van der Waals surface area contributed by atoms with Crippen LogP contribution in [0.1, 0.15) is 51.9 Å². The van der Waals surface area contributed by atoms with Crippen LogP contribution < -0.4 is 0 Å². The van der Waals surface area contributed by atoms with E-state index in [1.165, 1.54) is 51.5 Å². The van der Waals surface area contributed by atoms with Crippen LogP contribution in [0, 0.1) is 11.8 Å². The first-order chi connectivity index (χ1) is 8.34. The summed E-state index contributed by atoms with van der Waals surface area (Å²) in [5.41, 5.74) is 0. The van der Waals surface area contributed by atoms with Crippen molar-refractivity contribution in [1.29, 1.82) is 0 Å². The Hall–Kier alpha value is -0.0800. The highest BCUT2D eigenvalue weighted by atomic mass is 16.5. The van der Waals surface area contributed by atoms with Crippen molar-refractivity contribution in [2.45, 2.75) is 64.0 Å². The Balaban J connectivity index is 1.60. The van der Waals surface area contributed by atoms with E-state index in [4.69, 9.17) is 4.74 Å². The van der Waals surface area contributed by atoms with E-state index in [9.17, 15) is 0 Å². The molecule has 98 valence electrons. The number of ether oxygens (including phenoxy) is 1. The van der Waals surface area contributed by atoms with E-state index in [1.807, 2.05) is 0 Å². The number of nitrogens with zero attached hydrogens (tertiary/aromatic N) is 1. The molecule has 2 heterocycles. The Bertz CT molecular complexity index is 249. The first kappa shape index (κ1) is 12.0. The lowest BCUT2D eigenvalue weighted by molar-refractivity contribution is 0.0406. The van der Waals surface area contributed by atoms with Gasteiger partial charge in [0.1, 0.15) is 0 Å². The van der Waals surface area contributed by atoms with Crippen LogP contribution in [-0.2, 0) is 4.74 Å². The minimum atomic E-state index is 0.839. The van der Waals surface area contributed by atoms with Crippen LogP contribution in [0.25, 0.3) is 0 Å². The summed E-state index contributed by atoms with van der Waals surface area (Å²) in [5, 5.41) is 0. The fourth-order valence-electron chi connectivity index (χ4n) is 4.34. The zero-order chi connectivity index (χ0) is 11.7. The van der Waals surface area contributed by atoms with Crippen molar-refractivity contribution in [3.05, 3.63) is 0 Å². The van der Waals surface area contributed by atoms with Gasteiger partial charge in [0.15, 0.2) is 0 Å². The molecule has 0 aromatic carbocycles. The normalized spacial score (nSPS) is 40.4. The molecule has 0 bridgehead atoms. The van der Waals surface area contributed by atoms with E-state index >= 15 is 0 Å². The summed E-state index contributed by atoms with van der Waals surface area (Å²) < 4.78 is 5.48. The van der Waals surface area contributed by atoms with Gasteiger partial charge in [-0.1, -0.05) is 12.8 Å². The Morgan fingerprint density at radius 1 is 1.06 bits per heavy atom. The largest absolute Gasteiger partial charge is 0.381 e. The molecule has 2 heteroatoms. The summed E-state index contributed by atoms with van der Waals surface area (Å²) in [4.78, 5) is 2.86. The van der Waals surface area contributed by atoms with Crippen molar-refractivity contribution < 1.29 is 4.74 Å². The average molecular weight is 237 g/mol. The van der Waals surface area contributed by atoms with Gasteiger partial charge in [-0.2, -0.15) is 0 Å². The van der Waals surface area contributed by atoms with Gasteiger partial charge in [0.05, 0.1) is 0 Å². The van der Waals surface area contributed by atoms with Gasteiger partial charge in [-0.05, 0) is 50.9 Å². The molecule has 3 aliphatic rings. The Morgan fingerprint density at radius 3 is 2.65 bits per heavy atom. The van der Waals surface area contributed by atoms with Gasteiger partial charge < -0.3 is 4.74 Å². The maximum atomic E-state index is 5.48. The lowest BCUT2D eigenvalue weighted by Gasteiger charge is -2.36. The zero-order valence-electron chi connectivity index (χ0n) is 11.2. The molecule has 17 heavy (non-hydrogen) atoms. The van der Waals surface area contributed by atoms with Crippen molar-refractivity contribution in [3.63, 3.8) is 0 Å². The van der Waals surface area contributed by atoms with E-state index in [0.29, 0.717) is 0 Å². The molecule has 1 aliphatic carbocycles. The predicted octanol–water partition coefficient (Wildman–Crippen LogP) is 3.07. The fraction of sp³-hybridized carbons (Fsp3) is 1.00.